The van der Waals surface area contributed by atoms with Crippen molar-refractivity contribution in [3.05, 3.63) is 11.4 Å². The maximum atomic E-state index is 12.1. The molecule has 0 saturated carbocycles. The van der Waals surface area contributed by atoms with Crippen LogP contribution in [-0.4, -0.2) is 37.4 Å². The lowest BCUT2D eigenvalue weighted by molar-refractivity contribution is -0.132. The van der Waals surface area contributed by atoms with Crippen LogP contribution in [0.3, 0.4) is 0 Å². The Labute approximate surface area is 121 Å². The molecule has 1 rings (SSSR count). The van der Waals surface area contributed by atoms with Crippen molar-refractivity contribution in [1.82, 2.24) is 20.2 Å². The summed E-state index contributed by atoms with van der Waals surface area (Å²) in [5.74, 6) is 0. The normalized spacial score (nSPS) is 13.1. The van der Waals surface area contributed by atoms with Gasteiger partial charge in [-0.15, -0.1) is 0 Å². The summed E-state index contributed by atoms with van der Waals surface area (Å²) >= 11 is 0. The molecule has 0 bridgehead atoms. The molecule has 6 nitrogen and oxygen atoms in total. The van der Waals surface area contributed by atoms with Crippen molar-refractivity contribution in [1.29, 1.82) is 0 Å². The van der Waals surface area contributed by atoms with Crippen molar-refractivity contribution in [3.8, 4) is 0 Å². The maximum absolute atomic E-state index is 12.1. The van der Waals surface area contributed by atoms with Gasteiger partial charge in [-0.1, -0.05) is 13.8 Å². The fourth-order valence-electron chi connectivity index (χ4n) is 1.65. The molecule has 1 aromatic heterocycles. The van der Waals surface area contributed by atoms with Gasteiger partial charge in [0.2, 0.25) is 10.0 Å². The Hall–Kier alpha value is -1.13. The van der Waals surface area contributed by atoms with Gasteiger partial charge in [-0.3, -0.25) is 5.10 Å². The molecule has 1 aromatic rings. The molecule has 122 valence electrons. The van der Waals surface area contributed by atoms with Crippen LogP contribution in [0.1, 0.15) is 31.7 Å². The van der Waals surface area contributed by atoms with Crippen molar-refractivity contribution in [2.45, 2.75) is 50.9 Å². The highest BCUT2D eigenvalue weighted by Gasteiger charge is 2.29. The number of hydrogen-bond donors (Lipinski definition) is 3. The number of aryl methyl sites for hydroxylation is 1. The minimum atomic E-state index is -4.41. The molecule has 0 aliphatic rings. The van der Waals surface area contributed by atoms with Crippen LogP contribution in [-0.2, 0) is 16.6 Å². The molecule has 0 radical (unpaired) electrons. The molecule has 0 aliphatic heterocycles. The second-order valence-corrected chi connectivity index (χ2v) is 6.63. The number of sulfonamides is 1. The van der Waals surface area contributed by atoms with Gasteiger partial charge in [0.25, 0.3) is 0 Å². The van der Waals surface area contributed by atoms with E-state index in [9.17, 15) is 21.6 Å². The second-order valence-electron chi connectivity index (χ2n) is 4.92. The van der Waals surface area contributed by atoms with E-state index in [-0.39, 0.29) is 28.9 Å². The van der Waals surface area contributed by atoms with Crippen LogP contribution < -0.4 is 10.0 Å². The lowest BCUT2D eigenvalue weighted by Gasteiger charge is -2.11. The standard InChI is InChI=1S/C11H19F3N4O2S/c1-7(2)15-6-9-10(8(3)17-18-9)21(19,20)16-5-4-11(12,13)14/h7,15-16H,4-6H2,1-3H3,(H,17,18). The van der Waals surface area contributed by atoms with Gasteiger partial charge < -0.3 is 5.32 Å². The third kappa shape index (κ3) is 5.64. The van der Waals surface area contributed by atoms with E-state index in [1.807, 2.05) is 18.6 Å². The van der Waals surface area contributed by atoms with E-state index in [1.165, 1.54) is 6.92 Å². The van der Waals surface area contributed by atoms with Crippen molar-refractivity contribution >= 4 is 10.0 Å². The summed E-state index contributed by atoms with van der Waals surface area (Å²) in [7, 11) is -4.03. The van der Waals surface area contributed by atoms with Crippen LogP contribution in [0.15, 0.2) is 4.90 Å². The molecule has 0 unspecified atom stereocenters. The molecule has 10 heteroatoms. The highest BCUT2D eigenvalue weighted by atomic mass is 32.2. The molecular weight excluding hydrogens is 309 g/mol. The van der Waals surface area contributed by atoms with Crippen LogP contribution in [0.5, 0.6) is 0 Å². The van der Waals surface area contributed by atoms with E-state index in [0.717, 1.165) is 0 Å². The number of rotatable bonds is 7. The Morgan fingerprint density at radius 2 is 1.95 bits per heavy atom. The zero-order chi connectivity index (χ0) is 16.3. The number of alkyl halides is 3. The van der Waals surface area contributed by atoms with E-state index in [4.69, 9.17) is 0 Å². The third-order valence-corrected chi connectivity index (χ3v) is 4.27. The summed E-state index contributed by atoms with van der Waals surface area (Å²) in [6.45, 7) is 4.78. The molecule has 0 aliphatic carbocycles. The van der Waals surface area contributed by atoms with Gasteiger partial charge in [0.15, 0.2) is 0 Å². The molecule has 1 heterocycles. The van der Waals surface area contributed by atoms with Gasteiger partial charge in [0, 0.05) is 19.1 Å². The highest BCUT2D eigenvalue weighted by Crippen LogP contribution is 2.20. The Kier molecular flexibility index (Phi) is 5.76. The fourth-order valence-corrected chi connectivity index (χ4v) is 3.04. The van der Waals surface area contributed by atoms with Crippen LogP contribution >= 0.6 is 0 Å². The van der Waals surface area contributed by atoms with Gasteiger partial charge in [0.05, 0.1) is 17.8 Å². The third-order valence-electron chi connectivity index (χ3n) is 2.61. The van der Waals surface area contributed by atoms with E-state index < -0.39 is 29.2 Å². The number of H-pyrrole nitrogens is 1. The zero-order valence-corrected chi connectivity index (χ0v) is 12.8. The molecule has 0 aromatic carbocycles. The molecular formula is C11H19F3N4O2S. The van der Waals surface area contributed by atoms with Gasteiger partial charge >= 0.3 is 6.18 Å². The quantitative estimate of drug-likeness (QED) is 0.707. The van der Waals surface area contributed by atoms with Gasteiger partial charge in [-0.05, 0) is 6.92 Å². The first-order valence-corrected chi connectivity index (χ1v) is 7.85. The first-order valence-electron chi connectivity index (χ1n) is 6.36. The molecule has 0 spiro atoms. The number of aromatic amines is 1. The minimum Gasteiger partial charge on any atom is -0.309 e. The van der Waals surface area contributed by atoms with Gasteiger partial charge in [-0.2, -0.15) is 18.3 Å². The highest BCUT2D eigenvalue weighted by molar-refractivity contribution is 7.89. The zero-order valence-electron chi connectivity index (χ0n) is 12.0. The second kappa shape index (κ2) is 6.75. The Morgan fingerprint density at radius 3 is 2.48 bits per heavy atom. The SMILES string of the molecule is Cc1[nH]nc(CNC(C)C)c1S(=O)(=O)NCCC(F)(F)F. The Bertz CT molecular complexity index is 567. The van der Waals surface area contributed by atoms with E-state index in [2.05, 4.69) is 15.5 Å². The van der Waals surface area contributed by atoms with Crippen LogP contribution in [0.25, 0.3) is 0 Å². The molecule has 0 atom stereocenters. The summed E-state index contributed by atoms with van der Waals surface area (Å²) in [4.78, 5) is -0.0992. The molecule has 3 N–H and O–H groups in total. The Morgan fingerprint density at radius 1 is 1.33 bits per heavy atom. The van der Waals surface area contributed by atoms with Crippen molar-refractivity contribution in [2.24, 2.45) is 0 Å². The average Bonchev–Trinajstić information content (AvgIpc) is 2.66. The topological polar surface area (TPSA) is 86.9 Å². The largest absolute Gasteiger partial charge is 0.390 e. The lowest BCUT2D eigenvalue weighted by Crippen LogP contribution is -2.30. The van der Waals surface area contributed by atoms with Crippen LogP contribution in [0, 0.1) is 6.92 Å². The minimum absolute atomic E-state index is 0.0992. The van der Waals surface area contributed by atoms with E-state index in [1.54, 1.807) is 0 Å². The average molecular weight is 328 g/mol. The summed E-state index contributed by atoms with van der Waals surface area (Å²) < 4.78 is 62.4. The molecule has 0 amide bonds. The van der Waals surface area contributed by atoms with E-state index >= 15 is 0 Å². The number of hydrogen-bond acceptors (Lipinski definition) is 4. The van der Waals surface area contributed by atoms with Crippen LogP contribution in [0.2, 0.25) is 0 Å². The van der Waals surface area contributed by atoms with Crippen LogP contribution in [0.4, 0.5) is 13.2 Å². The first kappa shape index (κ1) is 17.9. The maximum Gasteiger partial charge on any atom is 0.390 e. The number of aromatic nitrogens is 2. The van der Waals surface area contributed by atoms with Gasteiger partial charge in [-0.25, -0.2) is 13.1 Å². The summed E-state index contributed by atoms with van der Waals surface area (Å²) in [5, 5.41) is 9.44. The fraction of sp³-hybridized carbons (Fsp3) is 0.727. The predicted molar refractivity (Wildman–Crippen MR) is 71.2 cm³/mol. The summed E-state index contributed by atoms with van der Waals surface area (Å²) in [6.07, 6.45) is -5.63. The molecule has 0 saturated heterocycles. The lowest BCUT2D eigenvalue weighted by atomic mass is 10.3. The summed E-state index contributed by atoms with van der Waals surface area (Å²) in [6, 6.07) is 0.121. The number of nitrogens with one attached hydrogen (secondary N) is 3. The molecule has 0 fully saturated rings. The molecule has 21 heavy (non-hydrogen) atoms. The van der Waals surface area contributed by atoms with E-state index in [0.29, 0.717) is 0 Å². The van der Waals surface area contributed by atoms with Crippen molar-refractivity contribution in [3.63, 3.8) is 0 Å². The smallest absolute Gasteiger partial charge is 0.309 e. The van der Waals surface area contributed by atoms with Crippen molar-refractivity contribution in [2.75, 3.05) is 6.54 Å². The summed E-state index contributed by atoms with van der Waals surface area (Å²) in [5.41, 5.74) is 0.538. The number of halogens is 3. The van der Waals surface area contributed by atoms with Crippen molar-refractivity contribution < 1.29 is 21.6 Å². The Balaban J connectivity index is 2.85. The predicted octanol–water partition coefficient (Wildman–Crippen LogP) is 1.45. The monoisotopic (exact) mass is 328 g/mol. The first-order chi connectivity index (χ1) is 9.53. The number of nitrogens with zero attached hydrogens (tertiary/aromatic N) is 1. The van der Waals surface area contributed by atoms with Gasteiger partial charge in [0.1, 0.15) is 4.90 Å².